The summed E-state index contributed by atoms with van der Waals surface area (Å²) in [5, 5.41) is 4.57. The van der Waals surface area contributed by atoms with Crippen LogP contribution in [0.15, 0.2) is 55.0 Å². The molecule has 2 N–H and O–H groups in total. The molecule has 0 unspecified atom stereocenters. The van der Waals surface area contributed by atoms with Crippen molar-refractivity contribution in [2.75, 3.05) is 18.9 Å². The summed E-state index contributed by atoms with van der Waals surface area (Å²) in [6.45, 7) is 1.57. The summed E-state index contributed by atoms with van der Waals surface area (Å²) in [5.74, 6) is 0.586. The molecule has 0 radical (unpaired) electrons. The first-order chi connectivity index (χ1) is 13.3. The van der Waals surface area contributed by atoms with E-state index >= 15 is 0 Å². The molecule has 0 spiro atoms. The third kappa shape index (κ3) is 2.76. The van der Waals surface area contributed by atoms with Crippen LogP contribution in [0, 0.1) is 0 Å². The van der Waals surface area contributed by atoms with Gasteiger partial charge in [0.25, 0.3) is 0 Å². The van der Waals surface area contributed by atoms with E-state index < -0.39 is 0 Å². The van der Waals surface area contributed by atoms with Gasteiger partial charge in [0.2, 0.25) is 0 Å². The van der Waals surface area contributed by atoms with Crippen LogP contribution in [-0.2, 0) is 4.74 Å². The van der Waals surface area contributed by atoms with Crippen LogP contribution in [0.3, 0.4) is 0 Å². The summed E-state index contributed by atoms with van der Waals surface area (Å²) in [6, 6.07) is 12.2. The van der Waals surface area contributed by atoms with Gasteiger partial charge in [0.05, 0.1) is 17.4 Å². The van der Waals surface area contributed by atoms with E-state index in [2.05, 4.69) is 25.8 Å². The number of nitrogen functional groups attached to an aromatic ring is 1. The second kappa shape index (κ2) is 6.51. The number of nitrogens with zero attached hydrogens (tertiary/aromatic N) is 5. The Bertz CT molecular complexity index is 1080. The van der Waals surface area contributed by atoms with E-state index in [-0.39, 0.29) is 0 Å². The lowest BCUT2D eigenvalue weighted by molar-refractivity contribution is 0.0667. The Morgan fingerprint density at radius 1 is 1.04 bits per heavy atom. The number of pyridine rings is 2. The Morgan fingerprint density at radius 2 is 1.93 bits per heavy atom. The van der Waals surface area contributed by atoms with Gasteiger partial charge in [-0.15, -0.1) is 0 Å². The number of hydrogen-bond donors (Lipinski definition) is 1. The second-order valence-corrected chi connectivity index (χ2v) is 6.71. The Morgan fingerprint density at radius 3 is 2.74 bits per heavy atom. The van der Waals surface area contributed by atoms with Crippen molar-refractivity contribution in [1.82, 2.24) is 24.1 Å². The molecule has 0 bridgehead atoms. The Balaban J connectivity index is 1.58. The molecule has 136 valence electrons. The number of anilines is 1. The van der Waals surface area contributed by atoms with Crippen LogP contribution in [0.1, 0.15) is 18.9 Å². The van der Waals surface area contributed by atoms with Crippen molar-refractivity contribution in [2.24, 2.45) is 0 Å². The lowest BCUT2D eigenvalue weighted by Crippen LogP contribution is -2.21. The summed E-state index contributed by atoms with van der Waals surface area (Å²) in [6.07, 6.45) is 7.58. The zero-order valence-electron chi connectivity index (χ0n) is 14.8. The number of ether oxygens (including phenoxy) is 1. The van der Waals surface area contributed by atoms with E-state index in [1.165, 1.54) is 0 Å². The first-order valence-corrected chi connectivity index (χ1v) is 9.12. The normalized spacial score (nSPS) is 15.4. The van der Waals surface area contributed by atoms with Crippen LogP contribution >= 0.6 is 0 Å². The lowest BCUT2D eigenvalue weighted by Gasteiger charge is -2.24. The molecule has 4 aromatic rings. The Labute approximate surface area is 156 Å². The third-order valence-electron chi connectivity index (χ3n) is 5.07. The van der Waals surface area contributed by atoms with Crippen LogP contribution in [0.4, 0.5) is 5.82 Å². The van der Waals surface area contributed by atoms with E-state index in [4.69, 9.17) is 10.5 Å². The Hall–Kier alpha value is -3.19. The van der Waals surface area contributed by atoms with E-state index in [9.17, 15) is 0 Å². The van der Waals surface area contributed by atoms with E-state index in [0.29, 0.717) is 17.6 Å². The largest absolute Gasteiger partial charge is 0.383 e. The maximum atomic E-state index is 6.40. The molecule has 7 nitrogen and oxygen atoms in total. The first-order valence-electron chi connectivity index (χ1n) is 9.12. The Kier molecular flexibility index (Phi) is 3.86. The molecule has 5 rings (SSSR count). The van der Waals surface area contributed by atoms with Gasteiger partial charge in [-0.2, -0.15) is 5.10 Å². The van der Waals surface area contributed by atoms with Gasteiger partial charge in [-0.3, -0.25) is 14.1 Å². The fraction of sp³-hybridized carbons (Fsp3) is 0.250. The molecule has 0 atom stereocenters. The van der Waals surface area contributed by atoms with Crippen molar-refractivity contribution in [3.8, 4) is 22.6 Å². The highest BCUT2D eigenvalue weighted by atomic mass is 16.5. The fourth-order valence-corrected chi connectivity index (χ4v) is 3.67. The molecule has 5 heterocycles. The fourth-order valence-electron chi connectivity index (χ4n) is 3.67. The summed E-state index contributed by atoms with van der Waals surface area (Å²) in [4.78, 5) is 9.02. The minimum Gasteiger partial charge on any atom is -0.383 e. The predicted molar refractivity (Wildman–Crippen MR) is 103 cm³/mol. The number of rotatable bonds is 3. The summed E-state index contributed by atoms with van der Waals surface area (Å²) < 4.78 is 9.51. The molecule has 1 saturated heterocycles. The zero-order valence-corrected chi connectivity index (χ0v) is 14.8. The quantitative estimate of drug-likeness (QED) is 0.607. The minimum atomic E-state index is 0.365. The van der Waals surface area contributed by atoms with Crippen LogP contribution < -0.4 is 5.73 Å². The first kappa shape index (κ1) is 16.0. The molecular weight excluding hydrogens is 340 g/mol. The molecule has 1 aliphatic rings. The van der Waals surface area contributed by atoms with Crippen LogP contribution in [0.25, 0.3) is 28.3 Å². The molecule has 0 saturated carbocycles. The van der Waals surface area contributed by atoms with Gasteiger partial charge in [-0.1, -0.05) is 6.07 Å². The summed E-state index contributed by atoms with van der Waals surface area (Å²) in [7, 11) is 0. The average molecular weight is 360 g/mol. The third-order valence-corrected chi connectivity index (χ3v) is 5.07. The minimum absolute atomic E-state index is 0.365. The molecule has 1 aliphatic heterocycles. The number of nitrogens with two attached hydrogens (primary N) is 1. The molecule has 7 heteroatoms. The standard InChI is InChI=1S/C20H20N6O/c21-20-19(16-3-1-2-9-22-16)24-18-5-4-14(13-25(18)20)17-6-10-23-26(17)15-7-11-27-12-8-15/h1-6,9-10,13,15H,7-8,11-12,21H2. The van der Waals surface area contributed by atoms with Crippen LogP contribution in [0.2, 0.25) is 0 Å². The van der Waals surface area contributed by atoms with Gasteiger partial charge >= 0.3 is 0 Å². The number of imidazole rings is 1. The van der Waals surface area contributed by atoms with Crippen molar-refractivity contribution >= 4 is 11.5 Å². The van der Waals surface area contributed by atoms with Gasteiger partial charge in [-0.05, 0) is 43.2 Å². The topological polar surface area (TPSA) is 83.3 Å². The van der Waals surface area contributed by atoms with E-state index in [1.807, 2.05) is 47.1 Å². The van der Waals surface area contributed by atoms with Gasteiger partial charge in [-0.25, -0.2) is 4.98 Å². The van der Waals surface area contributed by atoms with E-state index in [1.54, 1.807) is 6.20 Å². The lowest BCUT2D eigenvalue weighted by atomic mass is 10.1. The van der Waals surface area contributed by atoms with Gasteiger partial charge in [0.1, 0.15) is 17.2 Å². The molecule has 27 heavy (non-hydrogen) atoms. The summed E-state index contributed by atoms with van der Waals surface area (Å²) in [5.41, 5.74) is 10.8. The molecule has 4 aromatic heterocycles. The SMILES string of the molecule is Nc1c(-c2ccccn2)nc2ccc(-c3ccnn3C3CCOCC3)cn12. The molecule has 0 aromatic carbocycles. The molecule has 1 fully saturated rings. The van der Waals surface area contributed by atoms with Crippen molar-refractivity contribution in [1.29, 1.82) is 0 Å². The van der Waals surface area contributed by atoms with Crippen molar-refractivity contribution in [3.63, 3.8) is 0 Å². The monoisotopic (exact) mass is 360 g/mol. The predicted octanol–water partition coefficient (Wildman–Crippen LogP) is 3.19. The van der Waals surface area contributed by atoms with Gasteiger partial charge < -0.3 is 10.5 Å². The average Bonchev–Trinajstić information content (AvgIpc) is 3.34. The molecule has 0 amide bonds. The van der Waals surface area contributed by atoms with Crippen molar-refractivity contribution < 1.29 is 4.74 Å². The zero-order chi connectivity index (χ0) is 18.2. The number of hydrogen-bond acceptors (Lipinski definition) is 5. The van der Waals surface area contributed by atoms with Crippen molar-refractivity contribution in [2.45, 2.75) is 18.9 Å². The van der Waals surface area contributed by atoms with Crippen LogP contribution in [-0.4, -0.2) is 37.4 Å². The van der Waals surface area contributed by atoms with E-state index in [0.717, 1.165) is 48.7 Å². The van der Waals surface area contributed by atoms with Gasteiger partial charge in [0.15, 0.2) is 0 Å². The number of fused-ring (bicyclic) bond motifs is 1. The van der Waals surface area contributed by atoms with Crippen LogP contribution in [0.5, 0.6) is 0 Å². The maximum Gasteiger partial charge on any atom is 0.139 e. The highest BCUT2D eigenvalue weighted by Gasteiger charge is 2.20. The molecule has 0 aliphatic carbocycles. The summed E-state index contributed by atoms with van der Waals surface area (Å²) >= 11 is 0. The maximum absolute atomic E-state index is 6.40. The number of aromatic nitrogens is 5. The highest BCUT2D eigenvalue weighted by Crippen LogP contribution is 2.30. The smallest absolute Gasteiger partial charge is 0.139 e. The second-order valence-electron chi connectivity index (χ2n) is 6.71. The highest BCUT2D eigenvalue weighted by molar-refractivity contribution is 5.74. The van der Waals surface area contributed by atoms with Gasteiger partial charge in [0, 0.05) is 37.4 Å². The van der Waals surface area contributed by atoms with Crippen molar-refractivity contribution in [3.05, 3.63) is 55.0 Å². The molecular formula is C20H20N6O.